The van der Waals surface area contributed by atoms with Gasteiger partial charge in [-0.3, -0.25) is 4.90 Å². The first-order valence-electron chi connectivity index (χ1n) is 5.39. The summed E-state index contributed by atoms with van der Waals surface area (Å²) >= 11 is 0. The van der Waals surface area contributed by atoms with Crippen molar-refractivity contribution in [2.24, 2.45) is 5.73 Å². The van der Waals surface area contributed by atoms with Gasteiger partial charge in [-0.1, -0.05) is 0 Å². The van der Waals surface area contributed by atoms with Gasteiger partial charge >= 0.3 is 0 Å². The van der Waals surface area contributed by atoms with Crippen molar-refractivity contribution in [2.45, 2.75) is 12.5 Å². The number of hydrogen-bond donors (Lipinski definition) is 1. The summed E-state index contributed by atoms with van der Waals surface area (Å²) < 4.78 is 5.05. The number of nitrogens with two attached hydrogens (primary N) is 1. The first kappa shape index (κ1) is 11.9. The summed E-state index contributed by atoms with van der Waals surface area (Å²) in [7, 11) is 3.91. The van der Waals surface area contributed by atoms with E-state index in [1.165, 1.54) is 0 Å². The molecule has 1 heterocycles. The number of methoxy groups -OCH3 is 1. The molecule has 4 nitrogen and oxygen atoms in total. The van der Waals surface area contributed by atoms with E-state index in [0.717, 1.165) is 45.8 Å². The molecule has 0 aliphatic carbocycles. The quantitative estimate of drug-likeness (QED) is 0.615. The fraction of sp³-hybridized carbons (Fsp3) is 1.00. The zero-order valence-corrected chi connectivity index (χ0v) is 9.41. The molecule has 0 spiro atoms. The van der Waals surface area contributed by atoms with E-state index >= 15 is 0 Å². The maximum Gasteiger partial charge on any atom is 0.0474 e. The molecule has 2 N–H and O–H groups in total. The fourth-order valence-electron chi connectivity index (χ4n) is 1.90. The largest absolute Gasteiger partial charge is 0.385 e. The Bertz CT molecular complexity index is 154. The van der Waals surface area contributed by atoms with E-state index in [9.17, 15) is 0 Å². The van der Waals surface area contributed by atoms with Gasteiger partial charge in [-0.05, 0) is 13.5 Å². The molecule has 1 rings (SSSR count). The summed E-state index contributed by atoms with van der Waals surface area (Å²) in [5, 5.41) is 0. The van der Waals surface area contributed by atoms with Gasteiger partial charge in [0.05, 0.1) is 0 Å². The molecule has 1 fully saturated rings. The maximum absolute atomic E-state index is 5.72. The fourth-order valence-corrected chi connectivity index (χ4v) is 1.90. The van der Waals surface area contributed by atoms with Crippen LogP contribution in [-0.4, -0.2) is 69.3 Å². The molecule has 0 aromatic carbocycles. The van der Waals surface area contributed by atoms with Gasteiger partial charge in [-0.25, -0.2) is 0 Å². The van der Waals surface area contributed by atoms with Crippen molar-refractivity contribution in [1.82, 2.24) is 9.80 Å². The highest BCUT2D eigenvalue weighted by Crippen LogP contribution is 2.06. The van der Waals surface area contributed by atoms with Gasteiger partial charge in [0.2, 0.25) is 0 Å². The van der Waals surface area contributed by atoms with Crippen molar-refractivity contribution in [3.63, 3.8) is 0 Å². The van der Waals surface area contributed by atoms with E-state index in [-0.39, 0.29) is 0 Å². The molecule has 0 amide bonds. The second-order valence-corrected chi connectivity index (χ2v) is 4.02. The molecule has 0 saturated carbocycles. The molecular formula is C10H23N3O. The summed E-state index contributed by atoms with van der Waals surface area (Å²) in [5.41, 5.74) is 5.72. The Morgan fingerprint density at radius 1 is 1.43 bits per heavy atom. The molecule has 1 aliphatic rings. The third kappa shape index (κ3) is 3.53. The summed E-state index contributed by atoms with van der Waals surface area (Å²) in [5.74, 6) is 0. The average molecular weight is 201 g/mol. The van der Waals surface area contributed by atoms with Gasteiger partial charge in [0, 0.05) is 52.5 Å². The zero-order valence-electron chi connectivity index (χ0n) is 9.41. The summed E-state index contributed by atoms with van der Waals surface area (Å²) in [6, 6.07) is 0.534. The number of ether oxygens (including phenoxy) is 1. The third-order valence-corrected chi connectivity index (χ3v) is 2.96. The lowest BCUT2D eigenvalue weighted by Crippen LogP contribution is -2.54. The molecule has 0 radical (unpaired) electrons. The van der Waals surface area contributed by atoms with Gasteiger partial charge in [-0.15, -0.1) is 0 Å². The first-order valence-corrected chi connectivity index (χ1v) is 5.39. The predicted octanol–water partition coefficient (Wildman–Crippen LogP) is -0.402. The van der Waals surface area contributed by atoms with Crippen LogP contribution in [0.3, 0.4) is 0 Å². The first-order chi connectivity index (χ1) is 6.77. The minimum Gasteiger partial charge on any atom is -0.385 e. The van der Waals surface area contributed by atoms with Gasteiger partial charge < -0.3 is 15.4 Å². The van der Waals surface area contributed by atoms with E-state index in [0.29, 0.717) is 6.04 Å². The zero-order chi connectivity index (χ0) is 10.4. The lowest BCUT2D eigenvalue weighted by molar-refractivity contribution is 0.0899. The van der Waals surface area contributed by atoms with Crippen molar-refractivity contribution < 1.29 is 4.74 Å². The van der Waals surface area contributed by atoms with Crippen LogP contribution in [-0.2, 0) is 4.74 Å². The topological polar surface area (TPSA) is 41.7 Å². The Kier molecular flexibility index (Phi) is 5.40. The lowest BCUT2D eigenvalue weighted by Gasteiger charge is -2.38. The smallest absolute Gasteiger partial charge is 0.0474 e. The van der Waals surface area contributed by atoms with Crippen LogP contribution in [0.2, 0.25) is 0 Å². The van der Waals surface area contributed by atoms with E-state index in [1.807, 2.05) is 0 Å². The number of hydrogen-bond acceptors (Lipinski definition) is 4. The van der Waals surface area contributed by atoms with Crippen molar-refractivity contribution in [1.29, 1.82) is 0 Å². The molecular weight excluding hydrogens is 178 g/mol. The van der Waals surface area contributed by atoms with Crippen LogP contribution in [0.4, 0.5) is 0 Å². The van der Waals surface area contributed by atoms with Crippen molar-refractivity contribution in [3.05, 3.63) is 0 Å². The number of nitrogens with zero attached hydrogens (tertiary/aromatic N) is 2. The molecule has 4 heteroatoms. The summed E-state index contributed by atoms with van der Waals surface area (Å²) in [6.45, 7) is 6.16. The molecule has 1 unspecified atom stereocenters. The highest BCUT2D eigenvalue weighted by atomic mass is 16.5. The standard InChI is InChI=1S/C10H23N3O/c1-12-5-6-13(4-3-7-14-2)9-10(12)8-11/h10H,3-9,11H2,1-2H3. The van der Waals surface area contributed by atoms with Gasteiger partial charge in [0.15, 0.2) is 0 Å². The molecule has 0 bridgehead atoms. The Morgan fingerprint density at radius 2 is 2.21 bits per heavy atom. The van der Waals surface area contributed by atoms with Gasteiger partial charge in [0.1, 0.15) is 0 Å². The Morgan fingerprint density at radius 3 is 2.86 bits per heavy atom. The highest BCUT2D eigenvalue weighted by molar-refractivity contribution is 4.80. The maximum atomic E-state index is 5.72. The minimum absolute atomic E-state index is 0.534. The van der Waals surface area contributed by atoms with Crippen LogP contribution in [0.1, 0.15) is 6.42 Å². The summed E-state index contributed by atoms with van der Waals surface area (Å²) in [4.78, 5) is 4.84. The Balaban J connectivity index is 2.21. The SMILES string of the molecule is COCCCN1CCN(C)C(CN)C1. The molecule has 1 aliphatic heterocycles. The van der Waals surface area contributed by atoms with Crippen LogP contribution in [0.5, 0.6) is 0 Å². The van der Waals surface area contributed by atoms with Crippen LogP contribution >= 0.6 is 0 Å². The van der Waals surface area contributed by atoms with Crippen LogP contribution in [0.25, 0.3) is 0 Å². The molecule has 1 saturated heterocycles. The van der Waals surface area contributed by atoms with Crippen LogP contribution in [0.15, 0.2) is 0 Å². The number of piperazine rings is 1. The average Bonchev–Trinajstić information content (AvgIpc) is 2.21. The Hall–Kier alpha value is -0.160. The lowest BCUT2D eigenvalue weighted by atomic mass is 10.2. The van der Waals surface area contributed by atoms with Crippen molar-refractivity contribution in [3.8, 4) is 0 Å². The Labute approximate surface area is 87.0 Å². The van der Waals surface area contributed by atoms with Crippen LogP contribution < -0.4 is 5.73 Å². The molecule has 0 aromatic rings. The number of likely N-dealkylation sites (N-methyl/N-ethyl adjacent to an activating group) is 1. The van der Waals surface area contributed by atoms with Crippen LogP contribution in [0, 0.1) is 0 Å². The molecule has 0 aromatic heterocycles. The van der Waals surface area contributed by atoms with Crippen molar-refractivity contribution in [2.75, 3.05) is 53.5 Å². The molecule has 84 valence electrons. The highest BCUT2D eigenvalue weighted by Gasteiger charge is 2.22. The second kappa shape index (κ2) is 6.35. The van der Waals surface area contributed by atoms with E-state index in [4.69, 9.17) is 10.5 Å². The summed E-state index contributed by atoms with van der Waals surface area (Å²) in [6.07, 6.45) is 1.12. The van der Waals surface area contributed by atoms with Gasteiger partial charge in [0.25, 0.3) is 0 Å². The third-order valence-electron chi connectivity index (χ3n) is 2.96. The van der Waals surface area contributed by atoms with E-state index in [1.54, 1.807) is 7.11 Å². The van der Waals surface area contributed by atoms with E-state index < -0.39 is 0 Å². The molecule has 1 atom stereocenters. The number of rotatable bonds is 5. The van der Waals surface area contributed by atoms with E-state index in [2.05, 4.69) is 16.8 Å². The van der Waals surface area contributed by atoms with Gasteiger partial charge in [-0.2, -0.15) is 0 Å². The normalized spacial score (nSPS) is 25.5. The predicted molar refractivity (Wildman–Crippen MR) is 58.4 cm³/mol. The second-order valence-electron chi connectivity index (χ2n) is 4.02. The molecule has 14 heavy (non-hydrogen) atoms. The van der Waals surface area contributed by atoms with Crippen molar-refractivity contribution >= 4 is 0 Å². The monoisotopic (exact) mass is 201 g/mol. The minimum atomic E-state index is 0.534.